The van der Waals surface area contributed by atoms with Gasteiger partial charge in [0.05, 0.1) is 0 Å². The lowest BCUT2D eigenvalue weighted by atomic mass is 9.73. The zero-order valence-electron chi connectivity index (χ0n) is 20.4. The molecule has 0 atom stereocenters. The molecule has 0 saturated carbocycles. The second-order valence-electron chi connectivity index (χ2n) is 8.97. The van der Waals surface area contributed by atoms with Crippen molar-refractivity contribution in [3.8, 4) is 17.2 Å². The molecule has 0 radical (unpaired) electrons. The summed E-state index contributed by atoms with van der Waals surface area (Å²) in [7, 11) is 0. The Bertz CT molecular complexity index is 1110. The van der Waals surface area contributed by atoms with Crippen molar-refractivity contribution < 1.29 is 35.8 Å². The summed E-state index contributed by atoms with van der Waals surface area (Å²) in [5, 5.41) is 0. The summed E-state index contributed by atoms with van der Waals surface area (Å²) in [5.74, 6) is 0.723. The third-order valence-electron chi connectivity index (χ3n) is 6.54. The first-order valence-electron chi connectivity index (χ1n) is 11.5. The van der Waals surface area contributed by atoms with E-state index in [1.165, 1.54) is 0 Å². The Hall–Kier alpha value is -3.16. The highest BCUT2D eigenvalue weighted by Crippen LogP contribution is 2.56. The van der Waals surface area contributed by atoms with E-state index in [0.717, 1.165) is 54.1 Å². The van der Waals surface area contributed by atoms with Crippen molar-refractivity contribution >= 4 is 0 Å². The first-order chi connectivity index (χ1) is 16.8. The van der Waals surface area contributed by atoms with E-state index in [-0.39, 0.29) is 11.5 Å². The fourth-order valence-electron chi connectivity index (χ4n) is 3.95. The van der Waals surface area contributed by atoms with Gasteiger partial charge < -0.3 is 9.47 Å². The number of aryl methyl sites for hydroxylation is 1. The molecule has 3 rings (SSSR count). The van der Waals surface area contributed by atoms with Crippen molar-refractivity contribution in [1.82, 2.24) is 0 Å². The molecular weight excluding hydrogens is 482 g/mol. The van der Waals surface area contributed by atoms with Crippen LogP contribution in [0.1, 0.15) is 50.3 Å². The molecule has 3 aromatic carbocycles. The van der Waals surface area contributed by atoms with Crippen LogP contribution < -0.4 is 9.47 Å². The number of rotatable bonds is 8. The lowest BCUT2D eigenvalue weighted by Crippen LogP contribution is -2.54. The first kappa shape index (κ1) is 27.4. The molecule has 0 aliphatic heterocycles. The van der Waals surface area contributed by atoms with Gasteiger partial charge in [-0.1, -0.05) is 55.8 Å². The Morgan fingerprint density at radius 2 is 0.944 bits per heavy atom. The van der Waals surface area contributed by atoms with Crippen LogP contribution in [0.4, 0.5) is 26.3 Å². The van der Waals surface area contributed by atoms with Crippen LogP contribution in [0.5, 0.6) is 17.2 Å². The largest absolute Gasteiger partial charge is 0.488 e. The van der Waals surface area contributed by atoms with E-state index in [1.54, 1.807) is 24.3 Å². The number of halogens is 6. The molecule has 0 heterocycles. The quantitative estimate of drug-likeness (QED) is 0.281. The molecule has 0 aliphatic carbocycles. The van der Waals surface area contributed by atoms with E-state index in [1.807, 2.05) is 27.7 Å². The van der Waals surface area contributed by atoms with Crippen molar-refractivity contribution in [2.24, 2.45) is 0 Å². The van der Waals surface area contributed by atoms with E-state index in [4.69, 9.17) is 9.47 Å². The topological polar surface area (TPSA) is 18.5 Å². The van der Waals surface area contributed by atoms with Crippen LogP contribution in [0.3, 0.4) is 0 Å². The minimum Gasteiger partial charge on any atom is -0.488 e. The maximum atomic E-state index is 14.4. The maximum absolute atomic E-state index is 14.4. The second kappa shape index (κ2) is 10.1. The van der Waals surface area contributed by atoms with E-state index < -0.39 is 34.5 Å². The van der Waals surface area contributed by atoms with Crippen LogP contribution in [0.15, 0.2) is 72.8 Å². The predicted molar refractivity (Wildman–Crippen MR) is 127 cm³/mol. The molecule has 0 N–H and O–H groups in total. The molecule has 8 heteroatoms. The Morgan fingerprint density at radius 3 is 1.31 bits per heavy atom. The van der Waals surface area contributed by atoms with Crippen LogP contribution in [0.2, 0.25) is 0 Å². The Balaban J connectivity index is 2.05. The zero-order chi connectivity index (χ0) is 26.8. The SMILES string of the molecule is CCC(C)(CC)Oc1ccc(C(c2ccc(Oc3ccc(C)cc3)cc2)(C(F)(F)F)C(F)(F)F)cc1. The fourth-order valence-corrected chi connectivity index (χ4v) is 3.95. The molecule has 0 unspecified atom stereocenters. The summed E-state index contributed by atoms with van der Waals surface area (Å²) in [6.07, 6.45) is -10.1. The third-order valence-corrected chi connectivity index (χ3v) is 6.54. The van der Waals surface area contributed by atoms with Gasteiger partial charge in [0, 0.05) is 0 Å². The molecule has 36 heavy (non-hydrogen) atoms. The Morgan fingerprint density at radius 1 is 0.583 bits per heavy atom. The van der Waals surface area contributed by atoms with Gasteiger partial charge in [-0.25, -0.2) is 0 Å². The molecule has 3 aromatic rings. The minimum atomic E-state index is -5.67. The number of ether oxygens (including phenoxy) is 2. The molecule has 2 nitrogen and oxygen atoms in total. The first-order valence-corrected chi connectivity index (χ1v) is 11.5. The number of hydrogen-bond acceptors (Lipinski definition) is 2. The fraction of sp³-hybridized carbons (Fsp3) is 0.357. The summed E-state index contributed by atoms with van der Waals surface area (Å²) < 4.78 is 98.0. The number of benzene rings is 3. The highest BCUT2D eigenvalue weighted by molar-refractivity contribution is 5.47. The lowest BCUT2D eigenvalue weighted by Gasteiger charge is -2.38. The molecule has 0 fully saturated rings. The van der Waals surface area contributed by atoms with Gasteiger partial charge in [0.15, 0.2) is 0 Å². The molecule has 0 saturated heterocycles. The zero-order valence-corrected chi connectivity index (χ0v) is 20.4. The van der Waals surface area contributed by atoms with Crippen molar-refractivity contribution in [1.29, 1.82) is 0 Å². The van der Waals surface area contributed by atoms with Crippen molar-refractivity contribution in [2.75, 3.05) is 0 Å². The summed E-state index contributed by atoms with van der Waals surface area (Å²) in [4.78, 5) is 0. The monoisotopic (exact) mass is 510 g/mol. The third kappa shape index (κ3) is 5.32. The van der Waals surface area contributed by atoms with Gasteiger partial charge in [0.1, 0.15) is 22.8 Å². The van der Waals surface area contributed by atoms with Crippen LogP contribution >= 0.6 is 0 Å². The predicted octanol–water partition coefficient (Wildman–Crippen LogP) is 9.16. The lowest BCUT2D eigenvalue weighted by molar-refractivity contribution is -0.288. The van der Waals surface area contributed by atoms with E-state index in [0.29, 0.717) is 18.6 Å². The summed E-state index contributed by atoms with van der Waals surface area (Å²) in [6, 6.07) is 14.7. The van der Waals surface area contributed by atoms with Crippen molar-refractivity contribution in [3.63, 3.8) is 0 Å². The Labute approximate surface area is 206 Å². The van der Waals surface area contributed by atoms with Crippen molar-refractivity contribution in [3.05, 3.63) is 89.5 Å². The average molecular weight is 511 g/mol. The molecule has 0 aliphatic rings. The van der Waals surface area contributed by atoms with Crippen LogP contribution in [-0.2, 0) is 5.41 Å². The van der Waals surface area contributed by atoms with Gasteiger partial charge in [0.2, 0.25) is 5.41 Å². The van der Waals surface area contributed by atoms with Gasteiger partial charge in [-0.05, 0) is 74.2 Å². The van der Waals surface area contributed by atoms with Crippen LogP contribution in [0, 0.1) is 6.92 Å². The van der Waals surface area contributed by atoms with Gasteiger partial charge in [-0.2, -0.15) is 26.3 Å². The molecule has 194 valence electrons. The second-order valence-corrected chi connectivity index (χ2v) is 8.97. The summed E-state index contributed by atoms with van der Waals surface area (Å²) in [6.45, 7) is 7.49. The van der Waals surface area contributed by atoms with E-state index >= 15 is 0 Å². The highest BCUT2D eigenvalue weighted by Gasteiger charge is 2.72. The number of alkyl halides is 6. The summed E-state index contributed by atoms with van der Waals surface area (Å²) in [5.41, 5.74) is -5.75. The minimum absolute atomic E-state index is 0.114. The van der Waals surface area contributed by atoms with Crippen molar-refractivity contribution in [2.45, 2.75) is 63.9 Å². The van der Waals surface area contributed by atoms with Crippen LogP contribution in [0.25, 0.3) is 0 Å². The maximum Gasteiger partial charge on any atom is 0.411 e. The molecular formula is C28H28F6O2. The van der Waals surface area contributed by atoms with Gasteiger partial charge in [0.25, 0.3) is 0 Å². The molecule has 0 amide bonds. The highest BCUT2D eigenvalue weighted by atomic mass is 19.4. The van der Waals surface area contributed by atoms with Gasteiger partial charge in [-0.15, -0.1) is 0 Å². The van der Waals surface area contributed by atoms with E-state index in [2.05, 4.69) is 0 Å². The normalized spacial score (nSPS) is 12.9. The molecule has 0 bridgehead atoms. The number of hydrogen-bond donors (Lipinski definition) is 0. The standard InChI is InChI=1S/C28H28F6O2/c1-5-25(4,6-2)36-24-17-11-21(12-18-24)26(27(29,30)31,28(32,33)34)20-9-15-23(16-10-20)35-22-13-7-19(3)8-14-22/h7-18H,5-6H2,1-4H3. The average Bonchev–Trinajstić information content (AvgIpc) is 2.81. The molecule has 0 aromatic heterocycles. The molecule has 0 spiro atoms. The van der Waals surface area contributed by atoms with Gasteiger partial charge in [-0.3, -0.25) is 0 Å². The Kier molecular flexibility index (Phi) is 7.67. The van der Waals surface area contributed by atoms with Crippen LogP contribution in [-0.4, -0.2) is 18.0 Å². The summed E-state index contributed by atoms with van der Waals surface area (Å²) >= 11 is 0. The smallest absolute Gasteiger partial charge is 0.411 e. The van der Waals surface area contributed by atoms with Gasteiger partial charge >= 0.3 is 12.4 Å². The van der Waals surface area contributed by atoms with E-state index in [9.17, 15) is 26.3 Å².